The number of carbonyl (C=O) groups excluding carboxylic acids is 1. The topological polar surface area (TPSA) is 50.8 Å². The molecule has 2 aliphatic rings. The van der Waals surface area contributed by atoms with Gasteiger partial charge in [-0.15, -0.1) is 0 Å². The fraction of sp³-hybridized carbons (Fsp3) is 0.458. The van der Waals surface area contributed by atoms with E-state index in [1.54, 1.807) is 0 Å². The molecule has 0 saturated carbocycles. The molecule has 160 valence electrons. The summed E-state index contributed by atoms with van der Waals surface area (Å²) < 4.78 is 11.5. The molecule has 1 atom stereocenters. The number of hydrogen-bond acceptors (Lipinski definition) is 4. The lowest BCUT2D eigenvalue weighted by Crippen LogP contribution is -2.44. The summed E-state index contributed by atoms with van der Waals surface area (Å²) in [4.78, 5) is 15.3. The Kier molecular flexibility index (Phi) is 7.26. The third-order valence-corrected chi connectivity index (χ3v) is 6.07. The van der Waals surface area contributed by atoms with Crippen LogP contribution in [0, 0.1) is 0 Å². The molecule has 2 heterocycles. The van der Waals surface area contributed by atoms with Gasteiger partial charge in [-0.2, -0.15) is 0 Å². The van der Waals surface area contributed by atoms with Crippen LogP contribution in [0.15, 0.2) is 48.5 Å². The zero-order valence-electron chi connectivity index (χ0n) is 17.2. The quantitative estimate of drug-likeness (QED) is 0.714. The van der Waals surface area contributed by atoms with Crippen molar-refractivity contribution in [2.24, 2.45) is 0 Å². The van der Waals surface area contributed by atoms with Crippen molar-refractivity contribution in [3.8, 4) is 5.75 Å². The lowest BCUT2D eigenvalue weighted by Gasteiger charge is -2.32. The molecule has 1 amide bonds. The number of hydrogen-bond donors (Lipinski definition) is 1. The number of carbonyl (C=O) groups is 1. The van der Waals surface area contributed by atoms with Crippen LogP contribution < -0.4 is 10.1 Å². The van der Waals surface area contributed by atoms with Gasteiger partial charge in [-0.1, -0.05) is 35.9 Å². The number of benzene rings is 2. The van der Waals surface area contributed by atoms with Crippen LogP contribution in [-0.2, 0) is 11.3 Å². The van der Waals surface area contributed by atoms with E-state index in [1.807, 2.05) is 36.4 Å². The lowest BCUT2D eigenvalue weighted by atomic mass is 10.0. The van der Waals surface area contributed by atoms with Gasteiger partial charge < -0.3 is 14.8 Å². The fourth-order valence-electron chi connectivity index (χ4n) is 4.09. The Hall–Kier alpha value is -2.08. The van der Waals surface area contributed by atoms with Gasteiger partial charge in [-0.05, 0) is 55.5 Å². The van der Waals surface area contributed by atoms with Crippen molar-refractivity contribution in [1.82, 2.24) is 10.2 Å². The van der Waals surface area contributed by atoms with Crippen LogP contribution in [0.3, 0.4) is 0 Å². The molecule has 4 rings (SSSR count). The Balaban J connectivity index is 1.27. The average molecular weight is 429 g/mol. The number of likely N-dealkylation sites (tertiary alicyclic amines) is 1. The molecule has 0 spiro atoms. The highest BCUT2D eigenvalue weighted by molar-refractivity contribution is 6.30. The minimum atomic E-state index is -0.0610. The molecule has 2 fully saturated rings. The highest BCUT2D eigenvalue weighted by atomic mass is 35.5. The maximum atomic E-state index is 12.9. The van der Waals surface area contributed by atoms with Gasteiger partial charge in [0, 0.05) is 37.3 Å². The summed E-state index contributed by atoms with van der Waals surface area (Å²) in [6, 6.07) is 15.7. The standard InChI is InChI=1S/C24H29ClN2O3/c25-19-9-7-18(8-10-19)16-27-13-11-20(12-14-27)26-24(28)22-5-1-2-6-23(22)30-17-21-4-3-15-29-21/h1-2,5-10,20-21H,3-4,11-17H2,(H,26,28). The molecule has 2 aromatic carbocycles. The molecule has 0 radical (unpaired) electrons. The van der Waals surface area contributed by atoms with E-state index in [0.717, 1.165) is 56.9 Å². The highest BCUT2D eigenvalue weighted by Crippen LogP contribution is 2.22. The zero-order chi connectivity index (χ0) is 20.8. The SMILES string of the molecule is O=C(NC1CCN(Cc2ccc(Cl)cc2)CC1)c1ccccc1OCC1CCCO1. The number of amides is 1. The molecule has 0 aromatic heterocycles. The number of rotatable bonds is 7. The van der Waals surface area contributed by atoms with Gasteiger partial charge >= 0.3 is 0 Å². The molecule has 1 N–H and O–H groups in total. The first-order chi connectivity index (χ1) is 14.7. The molecule has 2 aromatic rings. The number of piperidine rings is 1. The summed E-state index contributed by atoms with van der Waals surface area (Å²) in [7, 11) is 0. The van der Waals surface area contributed by atoms with Gasteiger partial charge in [0.25, 0.3) is 5.91 Å². The van der Waals surface area contributed by atoms with E-state index in [9.17, 15) is 4.79 Å². The number of nitrogens with one attached hydrogen (secondary N) is 1. The first-order valence-electron chi connectivity index (χ1n) is 10.8. The minimum Gasteiger partial charge on any atom is -0.490 e. The average Bonchev–Trinajstić information content (AvgIpc) is 3.29. The first-order valence-corrected chi connectivity index (χ1v) is 11.2. The van der Waals surface area contributed by atoms with E-state index in [0.29, 0.717) is 17.9 Å². The zero-order valence-corrected chi connectivity index (χ0v) is 17.9. The van der Waals surface area contributed by atoms with Crippen LogP contribution in [0.1, 0.15) is 41.6 Å². The van der Waals surface area contributed by atoms with E-state index >= 15 is 0 Å². The van der Waals surface area contributed by atoms with E-state index < -0.39 is 0 Å². The van der Waals surface area contributed by atoms with Crippen molar-refractivity contribution in [1.29, 1.82) is 0 Å². The molecule has 0 aliphatic carbocycles. The van der Waals surface area contributed by atoms with E-state index in [-0.39, 0.29) is 18.1 Å². The van der Waals surface area contributed by atoms with Crippen LogP contribution >= 0.6 is 11.6 Å². The molecule has 6 heteroatoms. The Morgan fingerprint density at radius 2 is 1.87 bits per heavy atom. The third kappa shape index (κ3) is 5.75. The van der Waals surface area contributed by atoms with E-state index in [4.69, 9.17) is 21.1 Å². The number of ether oxygens (including phenoxy) is 2. The van der Waals surface area contributed by atoms with Crippen LogP contribution in [-0.4, -0.2) is 49.3 Å². The minimum absolute atomic E-state index is 0.0610. The normalized spacial score (nSPS) is 20.2. The number of para-hydroxylation sites is 1. The van der Waals surface area contributed by atoms with Gasteiger partial charge in [0.05, 0.1) is 11.7 Å². The second-order valence-corrected chi connectivity index (χ2v) is 8.53. The van der Waals surface area contributed by atoms with Gasteiger partial charge in [-0.3, -0.25) is 9.69 Å². The summed E-state index contributed by atoms with van der Waals surface area (Å²) in [6.07, 6.45) is 4.11. The maximum absolute atomic E-state index is 12.9. The molecule has 5 nitrogen and oxygen atoms in total. The van der Waals surface area contributed by atoms with Crippen molar-refractivity contribution in [2.75, 3.05) is 26.3 Å². The van der Waals surface area contributed by atoms with Crippen molar-refractivity contribution in [2.45, 2.75) is 44.4 Å². The molecule has 2 saturated heterocycles. The fourth-order valence-corrected chi connectivity index (χ4v) is 4.21. The number of halogens is 1. The van der Waals surface area contributed by atoms with E-state index in [2.05, 4.69) is 22.3 Å². The van der Waals surface area contributed by atoms with Crippen LogP contribution in [0.5, 0.6) is 5.75 Å². The van der Waals surface area contributed by atoms with Crippen molar-refractivity contribution >= 4 is 17.5 Å². The van der Waals surface area contributed by atoms with Crippen molar-refractivity contribution in [3.05, 3.63) is 64.7 Å². The van der Waals surface area contributed by atoms with Gasteiger partial charge in [0.1, 0.15) is 12.4 Å². The number of nitrogens with zero attached hydrogens (tertiary/aromatic N) is 1. The van der Waals surface area contributed by atoms with Gasteiger partial charge in [0.15, 0.2) is 0 Å². The largest absolute Gasteiger partial charge is 0.490 e. The first kappa shape index (κ1) is 21.2. The van der Waals surface area contributed by atoms with Crippen molar-refractivity contribution < 1.29 is 14.3 Å². The molecular weight excluding hydrogens is 400 g/mol. The lowest BCUT2D eigenvalue weighted by molar-refractivity contribution is 0.0669. The van der Waals surface area contributed by atoms with Crippen LogP contribution in [0.4, 0.5) is 0 Å². The highest BCUT2D eigenvalue weighted by Gasteiger charge is 2.23. The maximum Gasteiger partial charge on any atom is 0.255 e. The van der Waals surface area contributed by atoms with Gasteiger partial charge in [-0.25, -0.2) is 0 Å². The smallest absolute Gasteiger partial charge is 0.255 e. The molecule has 30 heavy (non-hydrogen) atoms. The molecular formula is C24H29ClN2O3. The Morgan fingerprint density at radius 1 is 1.10 bits per heavy atom. The molecule has 1 unspecified atom stereocenters. The second-order valence-electron chi connectivity index (χ2n) is 8.09. The predicted octanol–water partition coefficient (Wildman–Crippen LogP) is 4.29. The van der Waals surface area contributed by atoms with E-state index in [1.165, 1.54) is 5.56 Å². The van der Waals surface area contributed by atoms with Crippen LogP contribution in [0.2, 0.25) is 5.02 Å². The summed E-state index contributed by atoms with van der Waals surface area (Å²) in [5, 5.41) is 3.97. The van der Waals surface area contributed by atoms with Crippen molar-refractivity contribution in [3.63, 3.8) is 0 Å². The Morgan fingerprint density at radius 3 is 2.60 bits per heavy atom. The Labute approximate surface area is 183 Å². The summed E-state index contributed by atoms with van der Waals surface area (Å²) in [6.45, 7) is 4.13. The predicted molar refractivity (Wildman–Crippen MR) is 118 cm³/mol. The summed E-state index contributed by atoms with van der Waals surface area (Å²) in [5.41, 5.74) is 1.86. The second kappa shape index (κ2) is 10.3. The Bertz CT molecular complexity index is 829. The van der Waals surface area contributed by atoms with Crippen LogP contribution in [0.25, 0.3) is 0 Å². The molecule has 0 bridgehead atoms. The van der Waals surface area contributed by atoms with Gasteiger partial charge in [0.2, 0.25) is 0 Å². The molecule has 2 aliphatic heterocycles. The summed E-state index contributed by atoms with van der Waals surface area (Å²) >= 11 is 5.97. The summed E-state index contributed by atoms with van der Waals surface area (Å²) in [5.74, 6) is 0.569. The monoisotopic (exact) mass is 428 g/mol. The third-order valence-electron chi connectivity index (χ3n) is 5.82.